The Hall–Kier alpha value is -2.86. The highest BCUT2D eigenvalue weighted by Crippen LogP contribution is 2.18. The summed E-state index contributed by atoms with van der Waals surface area (Å²) in [5.41, 5.74) is 2.65. The molecule has 0 saturated carbocycles. The van der Waals surface area contributed by atoms with Crippen LogP contribution in [0.5, 0.6) is 0 Å². The minimum absolute atomic E-state index is 0.207. The first-order valence-electron chi connectivity index (χ1n) is 7.68. The number of urea groups is 1. The number of carbonyl (C=O) groups is 1. The van der Waals surface area contributed by atoms with Gasteiger partial charge in [0.1, 0.15) is 6.54 Å². The van der Waals surface area contributed by atoms with Gasteiger partial charge in [-0.05, 0) is 37.3 Å². The number of anilines is 1. The molecule has 25 heavy (non-hydrogen) atoms. The van der Waals surface area contributed by atoms with Gasteiger partial charge in [0.05, 0.1) is 0 Å². The van der Waals surface area contributed by atoms with Crippen molar-refractivity contribution < 1.29 is 9.32 Å². The van der Waals surface area contributed by atoms with Crippen LogP contribution < -0.4 is 5.32 Å². The van der Waals surface area contributed by atoms with E-state index in [9.17, 15) is 4.79 Å². The van der Waals surface area contributed by atoms with Crippen LogP contribution in [0.15, 0.2) is 53.1 Å². The molecule has 6 nitrogen and oxygen atoms in total. The Morgan fingerprint density at radius 2 is 2.00 bits per heavy atom. The van der Waals surface area contributed by atoms with Crippen molar-refractivity contribution in [3.63, 3.8) is 0 Å². The van der Waals surface area contributed by atoms with E-state index in [1.807, 2.05) is 31.2 Å². The van der Waals surface area contributed by atoms with E-state index in [2.05, 4.69) is 15.5 Å². The zero-order valence-electron chi connectivity index (χ0n) is 13.9. The van der Waals surface area contributed by atoms with Crippen LogP contribution in [-0.2, 0) is 6.54 Å². The van der Waals surface area contributed by atoms with Gasteiger partial charge in [0, 0.05) is 23.3 Å². The second kappa shape index (κ2) is 7.36. The van der Waals surface area contributed by atoms with Gasteiger partial charge in [0.25, 0.3) is 0 Å². The van der Waals surface area contributed by atoms with E-state index in [1.54, 1.807) is 31.3 Å². The van der Waals surface area contributed by atoms with Crippen LogP contribution in [-0.4, -0.2) is 28.1 Å². The molecular weight excluding hydrogens is 340 g/mol. The molecule has 7 heteroatoms. The standard InChI is InChI=1S/C18H17ClN4O2/c1-12-4-3-5-13(10-12)17-21-16(25-22-17)11-23(2)18(24)20-15-8-6-14(19)7-9-15/h3-10H,11H2,1-2H3,(H,20,24). The third-order valence-electron chi connectivity index (χ3n) is 3.56. The normalized spacial score (nSPS) is 10.5. The zero-order valence-corrected chi connectivity index (χ0v) is 14.6. The molecule has 0 aliphatic carbocycles. The number of amides is 2. The number of halogens is 1. The van der Waals surface area contributed by atoms with Crippen LogP contribution in [0.1, 0.15) is 11.5 Å². The molecule has 2 amide bonds. The summed E-state index contributed by atoms with van der Waals surface area (Å²) in [6, 6.07) is 14.4. The van der Waals surface area contributed by atoms with Gasteiger partial charge in [-0.25, -0.2) is 4.79 Å². The van der Waals surface area contributed by atoms with Crippen molar-refractivity contribution in [2.45, 2.75) is 13.5 Å². The fourth-order valence-corrected chi connectivity index (χ4v) is 2.37. The summed E-state index contributed by atoms with van der Waals surface area (Å²) in [5.74, 6) is 0.871. The first-order valence-corrected chi connectivity index (χ1v) is 8.06. The molecule has 0 radical (unpaired) electrons. The van der Waals surface area contributed by atoms with Crippen LogP contribution in [0.3, 0.4) is 0 Å². The van der Waals surface area contributed by atoms with Gasteiger partial charge in [-0.3, -0.25) is 0 Å². The highest BCUT2D eigenvalue weighted by Gasteiger charge is 2.15. The summed E-state index contributed by atoms with van der Waals surface area (Å²) < 4.78 is 5.25. The predicted octanol–water partition coefficient (Wildman–Crippen LogP) is 4.36. The lowest BCUT2D eigenvalue weighted by Gasteiger charge is -2.15. The zero-order chi connectivity index (χ0) is 17.8. The third kappa shape index (κ3) is 4.36. The van der Waals surface area contributed by atoms with Crippen LogP contribution in [0, 0.1) is 6.92 Å². The number of aromatic nitrogens is 2. The molecule has 2 aromatic carbocycles. The molecule has 0 spiro atoms. The van der Waals surface area contributed by atoms with Gasteiger partial charge in [0.15, 0.2) is 0 Å². The molecule has 0 aliphatic rings. The number of carbonyl (C=O) groups excluding carboxylic acids is 1. The monoisotopic (exact) mass is 356 g/mol. The minimum Gasteiger partial charge on any atom is -0.337 e. The summed E-state index contributed by atoms with van der Waals surface area (Å²) in [7, 11) is 1.65. The summed E-state index contributed by atoms with van der Waals surface area (Å²) in [5, 5.41) is 7.36. The quantitative estimate of drug-likeness (QED) is 0.753. The average molecular weight is 357 g/mol. The minimum atomic E-state index is -0.280. The van der Waals surface area contributed by atoms with Gasteiger partial charge in [-0.2, -0.15) is 4.98 Å². The van der Waals surface area contributed by atoms with Crippen molar-refractivity contribution in [3.8, 4) is 11.4 Å². The van der Waals surface area contributed by atoms with E-state index in [1.165, 1.54) is 4.90 Å². The maximum absolute atomic E-state index is 12.2. The Labute approximate surface area is 150 Å². The number of rotatable bonds is 4. The first-order chi connectivity index (χ1) is 12.0. The van der Waals surface area contributed by atoms with Crippen LogP contribution >= 0.6 is 11.6 Å². The maximum Gasteiger partial charge on any atom is 0.322 e. The highest BCUT2D eigenvalue weighted by molar-refractivity contribution is 6.30. The summed E-state index contributed by atoms with van der Waals surface area (Å²) in [6.07, 6.45) is 0. The fourth-order valence-electron chi connectivity index (χ4n) is 2.25. The van der Waals surface area contributed by atoms with Gasteiger partial charge in [-0.15, -0.1) is 0 Å². The highest BCUT2D eigenvalue weighted by atomic mass is 35.5. The molecule has 0 aliphatic heterocycles. The summed E-state index contributed by atoms with van der Waals surface area (Å²) >= 11 is 5.83. The van der Waals surface area contributed by atoms with Crippen molar-refractivity contribution in [1.29, 1.82) is 0 Å². The topological polar surface area (TPSA) is 71.3 Å². The molecule has 0 saturated heterocycles. The molecule has 0 unspecified atom stereocenters. The number of aryl methyl sites for hydroxylation is 1. The van der Waals surface area contributed by atoms with Crippen molar-refractivity contribution in [2.24, 2.45) is 0 Å². The molecule has 0 fully saturated rings. The Bertz CT molecular complexity index is 877. The van der Waals surface area contributed by atoms with Gasteiger partial charge in [-0.1, -0.05) is 40.5 Å². The molecule has 0 atom stereocenters. The molecular formula is C18H17ClN4O2. The smallest absolute Gasteiger partial charge is 0.322 e. The van der Waals surface area contributed by atoms with E-state index in [4.69, 9.17) is 16.1 Å². The number of nitrogens with one attached hydrogen (secondary N) is 1. The second-order valence-electron chi connectivity index (χ2n) is 5.67. The van der Waals surface area contributed by atoms with Crippen molar-refractivity contribution >= 4 is 23.3 Å². The Morgan fingerprint density at radius 1 is 1.24 bits per heavy atom. The predicted molar refractivity (Wildman–Crippen MR) is 96.4 cm³/mol. The van der Waals surface area contributed by atoms with Crippen molar-refractivity contribution in [2.75, 3.05) is 12.4 Å². The van der Waals surface area contributed by atoms with Crippen LogP contribution in [0.25, 0.3) is 11.4 Å². The Morgan fingerprint density at radius 3 is 2.72 bits per heavy atom. The van der Waals surface area contributed by atoms with Crippen LogP contribution in [0.4, 0.5) is 10.5 Å². The summed E-state index contributed by atoms with van der Waals surface area (Å²) in [4.78, 5) is 18.0. The van der Waals surface area contributed by atoms with E-state index >= 15 is 0 Å². The summed E-state index contributed by atoms with van der Waals surface area (Å²) in [6.45, 7) is 2.21. The van der Waals surface area contributed by atoms with Crippen molar-refractivity contribution in [1.82, 2.24) is 15.0 Å². The lowest BCUT2D eigenvalue weighted by molar-refractivity contribution is 0.213. The molecule has 3 aromatic rings. The maximum atomic E-state index is 12.2. The lowest BCUT2D eigenvalue weighted by atomic mass is 10.1. The van der Waals surface area contributed by atoms with Gasteiger partial charge < -0.3 is 14.7 Å². The number of nitrogens with zero attached hydrogens (tertiary/aromatic N) is 3. The molecule has 1 heterocycles. The van der Waals surface area contributed by atoms with Crippen LogP contribution in [0.2, 0.25) is 5.02 Å². The second-order valence-corrected chi connectivity index (χ2v) is 6.11. The van der Waals surface area contributed by atoms with Gasteiger partial charge in [0.2, 0.25) is 11.7 Å². The van der Waals surface area contributed by atoms with E-state index in [-0.39, 0.29) is 12.6 Å². The number of hydrogen-bond acceptors (Lipinski definition) is 4. The molecule has 1 N–H and O–H groups in total. The molecule has 0 bridgehead atoms. The SMILES string of the molecule is Cc1cccc(-c2noc(CN(C)C(=O)Nc3ccc(Cl)cc3)n2)c1. The molecule has 3 rings (SSSR count). The van der Waals surface area contributed by atoms with Gasteiger partial charge >= 0.3 is 6.03 Å². The Balaban J connectivity index is 1.64. The fraction of sp³-hybridized carbons (Fsp3) is 0.167. The van der Waals surface area contributed by atoms with E-state index in [0.717, 1.165) is 11.1 Å². The first kappa shape index (κ1) is 17.0. The Kier molecular flexibility index (Phi) is 5.00. The third-order valence-corrected chi connectivity index (χ3v) is 3.81. The van der Waals surface area contributed by atoms with Crippen molar-refractivity contribution in [3.05, 3.63) is 65.0 Å². The van der Waals surface area contributed by atoms with E-state index < -0.39 is 0 Å². The number of benzene rings is 2. The lowest BCUT2D eigenvalue weighted by Crippen LogP contribution is -2.30. The molecule has 1 aromatic heterocycles. The average Bonchev–Trinajstić information content (AvgIpc) is 3.05. The number of hydrogen-bond donors (Lipinski definition) is 1. The molecule has 128 valence electrons. The largest absolute Gasteiger partial charge is 0.337 e. The van der Waals surface area contributed by atoms with E-state index in [0.29, 0.717) is 22.4 Å².